The Bertz CT molecular complexity index is 751. The Morgan fingerprint density at radius 2 is 2.32 bits per heavy atom. The van der Waals surface area contributed by atoms with Crippen LogP contribution in [0.4, 0.5) is 10.5 Å². The van der Waals surface area contributed by atoms with E-state index in [1.54, 1.807) is 24.7 Å². The maximum absolute atomic E-state index is 11.8. The topological polar surface area (TPSA) is 97.6 Å². The first kappa shape index (κ1) is 14.1. The van der Waals surface area contributed by atoms with Crippen molar-refractivity contribution < 1.29 is 4.79 Å². The van der Waals surface area contributed by atoms with E-state index in [1.165, 1.54) is 22.3 Å². The second kappa shape index (κ2) is 6.31. The lowest BCUT2D eigenvalue weighted by Gasteiger charge is -2.06. The highest BCUT2D eigenvalue weighted by Gasteiger charge is 2.05. The van der Waals surface area contributed by atoms with Crippen LogP contribution in [0.3, 0.4) is 0 Å². The lowest BCUT2D eigenvalue weighted by atomic mass is 10.4. The van der Waals surface area contributed by atoms with Crippen molar-refractivity contribution in [2.75, 3.05) is 5.32 Å². The molecule has 3 aromatic heterocycles. The number of nitrogens with one attached hydrogen (secondary N) is 2. The molecule has 0 fully saturated rings. The number of amides is 2. The van der Waals surface area contributed by atoms with Gasteiger partial charge in [0.15, 0.2) is 5.82 Å². The molecule has 0 aliphatic heterocycles. The van der Waals surface area contributed by atoms with Crippen LogP contribution in [0.5, 0.6) is 0 Å². The molecule has 0 radical (unpaired) electrons. The van der Waals surface area contributed by atoms with Gasteiger partial charge in [0, 0.05) is 11.1 Å². The van der Waals surface area contributed by atoms with E-state index in [4.69, 9.17) is 0 Å². The number of aryl methyl sites for hydroxylation is 1. The minimum atomic E-state index is -0.303. The quantitative estimate of drug-likeness (QED) is 0.764. The van der Waals surface area contributed by atoms with Crippen LogP contribution in [0, 0.1) is 6.92 Å². The van der Waals surface area contributed by atoms with Crippen molar-refractivity contribution in [3.05, 3.63) is 47.1 Å². The van der Waals surface area contributed by atoms with E-state index in [0.29, 0.717) is 18.1 Å². The Kier molecular flexibility index (Phi) is 4.05. The molecule has 0 saturated heterocycles. The average Bonchev–Trinajstić information content (AvgIpc) is 3.17. The minimum absolute atomic E-state index is 0.303. The zero-order valence-corrected chi connectivity index (χ0v) is 12.5. The highest BCUT2D eigenvalue weighted by atomic mass is 32.1. The summed E-state index contributed by atoms with van der Waals surface area (Å²) in [5.41, 5.74) is 1.55. The number of hydrogen-bond donors (Lipinski definition) is 2. The van der Waals surface area contributed by atoms with E-state index in [-0.39, 0.29) is 6.03 Å². The number of pyridine rings is 1. The highest BCUT2D eigenvalue weighted by Crippen LogP contribution is 2.10. The van der Waals surface area contributed by atoms with E-state index in [2.05, 4.69) is 30.7 Å². The van der Waals surface area contributed by atoms with E-state index >= 15 is 0 Å². The van der Waals surface area contributed by atoms with Gasteiger partial charge in [-0.05, 0) is 19.1 Å². The Morgan fingerprint density at radius 3 is 2.95 bits per heavy atom. The SMILES string of the molecule is Cc1csc(CNC(=O)Nc2ccc(-n3cncn3)nc2)n1. The number of aromatic nitrogens is 5. The van der Waals surface area contributed by atoms with Crippen LogP contribution in [-0.4, -0.2) is 30.8 Å². The van der Waals surface area contributed by atoms with Gasteiger partial charge in [-0.2, -0.15) is 5.10 Å². The predicted molar refractivity (Wildman–Crippen MR) is 81.9 cm³/mol. The fraction of sp³-hybridized carbons (Fsp3) is 0.154. The summed E-state index contributed by atoms with van der Waals surface area (Å²) in [6.07, 6.45) is 4.55. The minimum Gasteiger partial charge on any atom is -0.331 e. The van der Waals surface area contributed by atoms with Crippen LogP contribution in [-0.2, 0) is 6.54 Å². The summed E-state index contributed by atoms with van der Waals surface area (Å²) in [6.45, 7) is 2.32. The Morgan fingerprint density at radius 1 is 1.41 bits per heavy atom. The van der Waals surface area contributed by atoms with Gasteiger partial charge in [0.25, 0.3) is 0 Å². The molecule has 9 heteroatoms. The smallest absolute Gasteiger partial charge is 0.319 e. The molecule has 2 amide bonds. The first-order valence-corrected chi connectivity index (χ1v) is 7.35. The molecule has 8 nitrogen and oxygen atoms in total. The van der Waals surface area contributed by atoms with Crippen molar-refractivity contribution in [2.24, 2.45) is 0 Å². The molecule has 0 bridgehead atoms. The number of thiazole rings is 1. The number of nitrogens with zero attached hydrogens (tertiary/aromatic N) is 5. The van der Waals surface area contributed by atoms with Crippen LogP contribution in [0.1, 0.15) is 10.7 Å². The molecule has 3 heterocycles. The number of rotatable bonds is 4. The largest absolute Gasteiger partial charge is 0.331 e. The van der Waals surface area contributed by atoms with Crippen molar-refractivity contribution in [1.82, 2.24) is 30.0 Å². The molecule has 3 rings (SSSR count). The standard InChI is InChI=1S/C13H13N7OS/c1-9-6-22-12(18-9)5-16-13(21)19-10-2-3-11(15-4-10)20-8-14-7-17-20/h2-4,6-8H,5H2,1H3,(H2,16,19,21). The highest BCUT2D eigenvalue weighted by molar-refractivity contribution is 7.09. The molecule has 0 aliphatic rings. The molecular weight excluding hydrogens is 302 g/mol. The lowest BCUT2D eigenvalue weighted by molar-refractivity contribution is 0.251. The summed E-state index contributed by atoms with van der Waals surface area (Å²) in [5, 5.41) is 12.2. The predicted octanol–water partition coefficient (Wildman–Crippen LogP) is 1.75. The monoisotopic (exact) mass is 315 g/mol. The van der Waals surface area contributed by atoms with Gasteiger partial charge in [0.05, 0.1) is 18.4 Å². The van der Waals surface area contributed by atoms with E-state index in [0.717, 1.165) is 10.7 Å². The van der Waals surface area contributed by atoms with Gasteiger partial charge in [-0.25, -0.2) is 24.4 Å². The van der Waals surface area contributed by atoms with Gasteiger partial charge in [-0.15, -0.1) is 11.3 Å². The van der Waals surface area contributed by atoms with Crippen LogP contribution in [0.25, 0.3) is 5.82 Å². The molecule has 3 aromatic rings. The zero-order chi connectivity index (χ0) is 15.4. The molecule has 0 unspecified atom stereocenters. The van der Waals surface area contributed by atoms with Gasteiger partial charge >= 0.3 is 6.03 Å². The maximum Gasteiger partial charge on any atom is 0.319 e. The Balaban J connectivity index is 1.55. The van der Waals surface area contributed by atoms with Gasteiger partial charge in [0.1, 0.15) is 17.7 Å². The van der Waals surface area contributed by atoms with E-state index in [9.17, 15) is 4.79 Å². The Hall–Kier alpha value is -2.81. The van der Waals surface area contributed by atoms with Crippen LogP contribution < -0.4 is 10.6 Å². The third kappa shape index (κ3) is 3.44. The summed E-state index contributed by atoms with van der Waals surface area (Å²) < 4.78 is 1.54. The van der Waals surface area contributed by atoms with Crippen LogP contribution in [0.15, 0.2) is 36.4 Å². The number of carbonyl (C=O) groups excluding carboxylic acids is 1. The molecule has 0 saturated carbocycles. The number of carbonyl (C=O) groups is 1. The van der Waals surface area contributed by atoms with Crippen molar-refractivity contribution in [1.29, 1.82) is 0 Å². The van der Waals surface area contributed by atoms with Gasteiger partial charge in [0.2, 0.25) is 0 Å². The molecule has 0 aliphatic carbocycles. The van der Waals surface area contributed by atoms with E-state index < -0.39 is 0 Å². The zero-order valence-electron chi connectivity index (χ0n) is 11.7. The Labute approximate surface area is 130 Å². The van der Waals surface area contributed by atoms with Crippen molar-refractivity contribution in [3.63, 3.8) is 0 Å². The fourth-order valence-corrected chi connectivity index (χ4v) is 2.45. The molecular formula is C13H13N7OS. The van der Waals surface area contributed by atoms with Crippen molar-refractivity contribution in [3.8, 4) is 5.82 Å². The molecule has 112 valence electrons. The molecule has 0 atom stereocenters. The van der Waals surface area contributed by atoms with Crippen molar-refractivity contribution >= 4 is 23.1 Å². The number of urea groups is 1. The van der Waals surface area contributed by atoms with Crippen LogP contribution in [0.2, 0.25) is 0 Å². The second-order valence-corrected chi connectivity index (χ2v) is 5.38. The van der Waals surface area contributed by atoms with E-state index in [1.807, 2.05) is 12.3 Å². The normalized spacial score (nSPS) is 10.4. The van der Waals surface area contributed by atoms with Gasteiger partial charge in [-0.1, -0.05) is 0 Å². The number of anilines is 1. The van der Waals surface area contributed by atoms with Gasteiger partial charge in [-0.3, -0.25) is 0 Å². The molecule has 22 heavy (non-hydrogen) atoms. The first-order valence-electron chi connectivity index (χ1n) is 6.47. The third-order valence-electron chi connectivity index (χ3n) is 2.73. The summed E-state index contributed by atoms with van der Waals surface area (Å²) in [5.74, 6) is 0.627. The summed E-state index contributed by atoms with van der Waals surface area (Å²) in [4.78, 5) is 24.1. The number of hydrogen-bond acceptors (Lipinski definition) is 6. The lowest BCUT2D eigenvalue weighted by Crippen LogP contribution is -2.28. The van der Waals surface area contributed by atoms with Gasteiger partial charge < -0.3 is 10.6 Å². The van der Waals surface area contributed by atoms with Crippen molar-refractivity contribution in [2.45, 2.75) is 13.5 Å². The molecule has 0 aromatic carbocycles. The first-order chi connectivity index (χ1) is 10.7. The molecule has 0 spiro atoms. The second-order valence-electron chi connectivity index (χ2n) is 4.44. The van der Waals surface area contributed by atoms with Crippen LogP contribution >= 0.6 is 11.3 Å². The maximum atomic E-state index is 11.8. The fourth-order valence-electron chi connectivity index (χ4n) is 1.74. The average molecular weight is 315 g/mol. The summed E-state index contributed by atoms with van der Waals surface area (Å²) in [7, 11) is 0. The summed E-state index contributed by atoms with van der Waals surface area (Å²) in [6, 6.07) is 3.19. The summed E-state index contributed by atoms with van der Waals surface area (Å²) >= 11 is 1.52. The molecule has 2 N–H and O–H groups in total. The third-order valence-corrected chi connectivity index (χ3v) is 3.69.